The second-order valence-electron chi connectivity index (χ2n) is 7.70. The van der Waals surface area contributed by atoms with E-state index in [0.717, 1.165) is 39.4 Å². The summed E-state index contributed by atoms with van der Waals surface area (Å²) in [5.41, 5.74) is 5.61. The summed E-state index contributed by atoms with van der Waals surface area (Å²) in [6.07, 6.45) is 5.49. The predicted molar refractivity (Wildman–Crippen MR) is 134 cm³/mol. The van der Waals surface area contributed by atoms with Gasteiger partial charge in [0.05, 0.1) is 25.1 Å². The fourth-order valence-corrected chi connectivity index (χ4v) is 4.14. The van der Waals surface area contributed by atoms with Gasteiger partial charge < -0.3 is 10.1 Å². The number of methoxy groups -OCH3 is 1. The average Bonchev–Trinajstić information content (AvgIpc) is 3.33. The lowest BCUT2D eigenvalue weighted by Gasteiger charge is -2.13. The Bertz CT molecular complexity index is 1340. The second-order valence-corrected chi connectivity index (χ2v) is 9.74. The summed E-state index contributed by atoms with van der Waals surface area (Å²) in [6, 6.07) is 19.8. The molecule has 0 saturated carbocycles. The van der Waals surface area contributed by atoms with Gasteiger partial charge in [0.2, 0.25) is 10.0 Å². The van der Waals surface area contributed by atoms with E-state index in [1.165, 1.54) is 7.05 Å². The second kappa shape index (κ2) is 10.5. The molecule has 0 radical (unpaired) electrons. The van der Waals surface area contributed by atoms with Crippen molar-refractivity contribution in [3.63, 3.8) is 0 Å². The van der Waals surface area contributed by atoms with Crippen LogP contribution < -0.4 is 14.8 Å². The maximum Gasteiger partial charge on any atom is 0.213 e. The number of rotatable bonds is 10. The van der Waals surface area contributed by atoms with Crippen molar-refractivity contribution in [2.45, 2.75) is 6.54 Å². The van der Waals surface area contributed by atoms with Crippen LogP contribution in [-0.2, 0) is 16.6 Å². The van der Waals surface area contributed by atoms with Crippen molar-refractivity contribution in [1.82, 2.24) is 19.5 Å². The molecule has 0 aliphatic rings. The highest BCUT2D eigenvalue weighted by molar-refractivity contribution is 7.89. The molecule has 0 fully saturated rings. The first-order valence-electron chi connectivity index (χ1n) is 10.8. The number of nitrogens with one attached hydrogen (secondary N) is 2. The third-order valence-electron chi connectivity index (χ3n) is 5.42. The number of hydrogen-bond donors (Lipinski definition) is 2. The molecule has 2 aromatic carbocycles. The van der Waals surface area contributed by atoms with E-state index in [2.05, 4.69) is 21.1 Å². The summed E-state index contributed by atoms with van der Waals surface area (Å²) < 4.78 is 33.1. The number of ether oxygens (including phenoxy) is 1. The van der Waals surface area contributed by atoms with Gasteiger partial charge in [0.15, 0.2) is 0 Å². The molecule has 34 heavy (non-hydrogen) atoms. The van der Waals surface area contributed by atoms with Crippen LogP contribution >= 0.6 is 0 Å². The molecule has 176 valence electrons. The molecule has 0 spiro atoms. The Morgan fingerprint density at radius 1 is 1.03 bits per heavy atom. The molecule has 0 saturated heterocycles. The maximum atomic E-state index is 11.8. The zero-order valence-electron chi connectivity index (χ0n) is 19.1. The van der Waals surface area contributed by atoms with Crippen LogP contribution in [0, 0.1) is 0 Å². The van der Waals surface area contributed by atoms with Crippen LogP contribution in [-0.4, -0.2) is 49.6 Å². The lowest BCUT2D eigenvalue weighted by atomic mass is 10.00. The standard InChI is InChI=1S/C25H27N5O3S/c1-26-34(31,32)15-13-28-24-10-7-21(20-5-8-22(33-2)9-6-20)16-23(24)25-11-14-30(29-25)18-19-4-3-12-27-17-19/h3-12,14,16-17,26,28H,13,15,18H2,1-2H3. The SMILES string of the molecule is CNS(=O)(=O)CCNc1ccc(-c2ccc(OC)cc2)cc1-c1ccn(Cc2cccnc2)n1. The van der Waals surface area contributed by atoms with Gasteiger partial charge in [0.1, 0.15) is 5.75 Å². The zero-order chi connectivity index (χ0) is 24.0. The largest absolute Gasteiger partial charge is 0.497 e. The topological polar surface area (TPSA) is 98.1 Å². The first-order valence-corrected chi connectivity index (χ1v) is 12.5. The first-order chi connectivity index (χ1) is 16.5. The Labute approximate surface area is 199 Å². The van der Waals surface area contributed by atoms with Gasteiger partial charge in [-0.1, -0.05) is 24.3 Å². The van der Waals surface area contributed by atoms with E-state index in [1.807, 2.05) is 71.7 Å². The predicted octanol–water partition coefficient (Wildman–Crippen LogP) is 3.63. The highest BCUT2D eigenvalue weighted by Crippen LogP contribution is 2.32. The Morgan fingerprint density at radius 2 is 1.82 bits per heavy atom. The fourth-order valence-electron chi connectivity index (χ4n) is 3.57. The van der Waals surface area contributed by atoms with Crippen molar-refractivity contribution in [3.8, 4) is 28.1 Å². The van der Waals surface area contributed by atoms with Gasteiger partial charge >= 0.3 is 0 Å². The molecular formula is C25H27N5O3S. The summed E-state index contributed by atoms with van der Waals surface area (Å²) in [5.74, 6) is 0.765. The molecule has 0 bridgehead atoms. The van der Waals surface area contributed by atoms with E-state index in [0.29, 0.717) is 6.54 Å². The van der Waals surface area contributed by atoms with Crippen molar-refractivity contribution >= 4 is 15.7 Å². The van der Waals surface area contributed by atoms with Crippen LogP contribution in [0.15, 0.2) is 79.3 Å². The van der Waals surface area contributed by atoms with Crippen molar-refractivity contribution < 1.29 is 13.2 Å². The number of pyridine rings is 1. The van der Waals surface area contributed by atoms with E-state index in [9.17, 15) is 8.42 Å². The normalized spacial score (nSPS) is 11.4. The van der Waals surface area contributed by atoms with Crippen LogP contribution in [0.4, 0.5) is 5.69 Å². The molecule has 8 nitrogen and oxygen atoms in total. The van der Waals surface area contributed by atoms with Gasteiger partial charge in [-0.25, -0.2) is 13.1 Å². The number of aromatic nitrogens is 3. The molecule has 0 aliphatic carbocycles. The van der Waals surface area contributed by atoms with Gasteiger partial charge in [-0.3, -0.25) is 9.67 Å². The molecule has 0 amide bonds. The number of benzene rings is 2. The van der Waals surface area contributed by atoms with E-state index < -0.39 is 10.0 Å². The van der Waals surface area contributed by atoms with Crippen molar-refractivity contribution in [1.29, 1.82) is 0 Å². The van der Waals surface area contributed by atoms with E-state index in [1.54, 1.807) is 13.3 Å². The lowest BCUT2D eigenvalue weighted by Crippen LogP contribution is -2.26. The third-order valence-corrected chi connectivity index (χ3v) is 6.79. The van der Waals surface area contributed by atoms with E-state index in [-0.39, 0.29) is 12.3 Å². The number of nitrogens with zero attached hydrogens (tertiary/aromatic N) is 3. The van der Waals surface area contributed by atoms with Crippen molar-refractivity contribution in [3.05, 3.63) is 84.8 Å². The molecule has 2 aromatic heterocycles. The smallest absolute Gasteiger partial charge is 0.213 e. The van der Waals surface area contributed by atoms with E-state index >= 15 is 0 Å². The number of sulfonamides is 1. The summed E-state index contributed by atoms with van der Waals surface area (Å²) in [4.78, 5) is 4.16. The summed E-state index contributed by atoms with van der Waals surface area (Å²) in [5, 5.41) is 8.03. The minimum atomic E-state index is -3.31. The summed E-state index contributed by atoms with van der Waals surface area (Å²) in [7, 11) is -0.247. The maximum absolute atomic E-state index is 11.8. The van der Waals surface area contributed by atoms with Crippen LogP contribution in [0.2, 0.25) is 0 Å². The molecule has 0 atom stereocenters. The fraction of sp³-hybridized carbons (Fsp3) is 0.200. The molecule has 0 unspecified atom stereocenters. The summed E-state index contributed by atoms with van der Waals surface area (Å²) >= 11 is 0. The third kappa shape index (κ3) is 5.81. The van der Waals surface area contributed by atoms with E-state index in [4.69, 9.17) is 9.84 Å². The molecule has 2 N–H and O–H groups in total. The lowest BCUT2D eigenvalue weighted by molar-refractivity contribution is 0.415. The van der Waals surface area contributed by atoms with Crippen molar-refractivity contribution in [2.75, 3.05) is 31.8 Å². The van der Waals surface area contributed by atoms with Gasteiger partial charge in [0, 0.05) is 36.4 Å². The molecular weight excluding hydrogens is 450 g/mol. The molecule has 9 heteroatoms. The highest BCUT2D eigenvalue weighted by Gasteiger charge is 2.13. The quantitative estimate of drug-likeness (QED) is 0.362. The Morgan fingerprint density at radius 3 is 2.53 bits per heavy atom. The Hall–Kier alpha value is -3.69. The monoisotopic (exact) mass is 477 g/mol. The van der Waals surface area contributed by atoms with Crippen LogP contribution in [0.3, 0.4) is 0 Å². The molecule has 2 heterocycles. The molecule has 4 rings (SSSR count). The van der Waals surface area contributed by atoms with Gasteiger partial charge in [-0.15, -0.1) is 0 Å². The molecule has 0 aliphatic heterocycles. The average molecular weight is 478 g/mol. The Balaban J connectivity index is 1.65. The van der Waals surface area contributed by atoms with Gasteiger partial charge in [-0.2, -0.15) is 5.10 Å². The first kappa shape index (κ1) is 23.5. The van der Waals surface area contributed by atoms with Crippen molar-refractivity contribution in [2.24, 2.45) is 0 Å². The van der Waals surface area contributed by atoms with Crippen LogP contribution in [0.25, 0.3) is 22.4 Å². The van der Waals surface area contributed by atoms with Gasteiger partial charge in [-0.05, 0) is 60.1 Å². The molecule has 4 aromatic rings. The minimum absolute atomic E-state index is 0.0291. The Kier molecular flexibility index (Phi) is 7.24. The van der Waals surface area contributed by atoms with Gasteiger partial charge in [0.25, 0.3) is 0 Å². The number of anilines is 1. The minimum Gasteiger partial charge on any atom is -0.497 e. The number of hydrogen-bond acceptors (Lipinski definition) is 6. The zero-order valence-corrected chi connectivity index (χ0v) is 19.9. The van der Waals surface area contributed by atoms with Crippen LogP contribution in [0.1, 0.15) is 5.56 Å². The summed E-state index contributed by atoms with van der Waals surface area (Å²) in [6.45, 7) is 0.879. The van der Waals surface area contributed by atoms with Crippen LogP contribution in [0.5, 0.6) is 5.75 Å². The highest BCUT2D eigenvalue weighted by atomic mass is 32.2.